The molecule has 0 fully saturated rings. The SMILES string of the molecule is CCOc1ccc(C(=O)NCC(=O)NCCCOCc2ccco2)cc1. The zero-order valence-electron chi connectivity index (χ0n) is 14.8. The molecule has 0 radical (unpaired) electrons. The van der Waals surface area contributed by atoms with Crippen LogP contribution in [0.5, 0.6) is 5.75 Å². The van der Waals surface area contributed by atoms with E-state index in [0.29, 0.717) is 44.1 Å². The van der Waals surface area contributed by atoms with E-state index in [1.54, 1.807) is 36.6 Å². The molecule has 2 aromatic rings. The molecule has 0 bridgehead atoms. The first-order valence-electron chi connectivity index (χ1n) is 8.57. The Morgan fingerprint density at radius 3 is 2.62 bits per heavy atom. The number of nitrogens with one attached hydrogen (secondary N) is 2. The van der Waals surface area contributed by atoms with Crippen molar-refractivity contribution in [3.8, 4) is 5.75 Å². The van der Waals surface area contributed by atoms with E-state index >= 15 is 0 Å². The van der Waals surface area contributed by atoms with Crippen LogP contribution in [0.15, 0.2) is 47.1 Å². The summed E-state index contributed by atoms with van der Waals surface area (Å²) in [5.41, 5.74) is 0.479. The summed E-state index contributed by atoms with van der Waals surface area (Å²) < 4.78 is 15.9. The first kappa shape index (κ1) is 19.5. The Kier molecular flexibility index (Phi) is 8.21. The standard InChI is InChI=1S/C19H24N2O5/c1-2-25-16-8-6-15(7-9-16)19(23)21-13-18(22)20-10-4-11-24-14-17-5-3-12-26-17/h3,5-9,12H,2,4,10-11,13-14H2,1H3,(H,20,22)(H,21,23). The third-order valence-electron chi connectivity index (χ3n) is 3.45. The van der Waals surface area contributed by atoms with Gasteiger partial charge in [0.2, 0.25) is 5.91 Å². The number of benzene rings is 1. The van der Waals surface area contributed by atoms with Gasteiger partial charge in [0.15, 0.2) is 0 Å². The first-order valence-corrected chi connectivity index (χ1v) is 8.57. The molecule has 7 nitrogen and oxygen atoms in total. The number of carbonyl (C=O) groups is 2. The van der Waals surface area contributed by atoms with E-state index in [1.165, 1.54) is 0 Å². The van der Waals surface area contributed by atoms with Crippen LogP contribution < -0.4 is 15.4 Å². The lowest BCUT2D eigenvalue weighted by atomic mass is 10.2. The number of amides is 2. The van der Waals surface area contributed by atoms with Crippen LogP contribution >= 0.6 is 0 Å². The molecule has 0 saturated heterocycles. The van der Waals surface area contributed by atoms with Crippen molar-refractivity contribution in [3.05, 3.63) is 54.0 Å². The zero-order valence-corrected chi connectivity index (χ0v) is 14.8. The first-order chi connectivity index (χ1) is 12.7. The van der Waals surface area contributed by atoms with Crippen molar-refractivity contribution >= 4 is 11.8 Å². The third-order valence-corrected chi connectivity index (χ3v) is 3.45. The molecule has 26 heavy (non-hydrogen) atoms. The molecule has 1 aromatic carbocycles. The van der Waals surface area contributed by atoms with Crippen LogP contribution in [0.4, 0.5) is 0 Å². The van der Waals surface area contributed by atoms with Gasteiger partial charge in [-0.15, -0.1) is 0 Å². The average Bonchev–Trinajstić information content (AvgIpc) is 3.17. The Hall–Kier alpha value is -2.80. The quantitative estimate of drug-likeness (QED) is 0.599. The van der Waals surface area contributed by atoms with Gasteiger partial charge < -0.3 is 24.5 Å². The van der Waals surface area contributed by atoms with Gasteiger partial charge in [0.1, 0.15) is 18.1 Å². The second-order valence-electron chi connectivity index (χ2n) is 5.48. The summed E-state index contributed by atoms with van der Waals surface area (Å²) in [7, 11) is 0. The summed E-state index contributed by atoms with van der Waals surface area (Å²) in [4.78, 5) is 23.7. The molecule has 7 heteroatoms. The largest absolute Gasteiger partial charge is 0.494 e. The maximum atomic E-state index is 12.0. The van der Waals surface area contributed by atoms with Crippen molar-refractivity contribution in [3.63, 3.8) is 0 Å². The highest BCUT2D eigenvalue weighted by atomic mass is 16.5. The molecular formula is C19H24N2O5. The van der Waals surface area contributed by atoms with E-state index in [2.05, 4.69) is 10.6 Å². The molecule has 1 heterocycles. The molecule has 140 valence electrons. The molecule has 0 saturated carbocycles. The number of hydrogen-bond donors (Lipinski definition) is 2. The Labute approximate surface area is 152 Å². The van der Waals surface area contributed by atoms with Gasteiger partial charge in [-0.3, -0.25) is 9.59 Å². The zero-order chi connectivity index (χ0) is 18.6. The lowest BCUT2D eigenvalue weighted by Crippen LogP contribution is -2.37. The topological polar surface area (TPSA) is 89.8 Å². The number of carbonyl (C=O) groups excluding carboxylic acids is 2. The number of rotatable bonds is 11. The Balaban J connectivity index is 1.55. The maximum absolute atomic E-state index is 12.0. The van der Waals surface area contributed by atoms with Gasteiger partial charge >= 0.3 is 0 Å². The predicted octanol–water partition coefficient (Wildman–Crippen LogP) is 2.13. The second-order valence-corrected chi connectivity index (χ2v) is 5.48. The summed E-state index contributed by atoms with van der Waals surface area (Å²) in [6, 6.07) is 10.4. The van der Waals surface area contributed by atoms with Crippen LogP contribution in [0, 0.1) is 0 Å². The minimum atomic E-state index is -0.301. The lowest BCUT2D eigenvalue weighted by Gasteiger charge is -2.08. The smallest absolute Gasteiger partial charge is 0.251 e. The number of furan rings is 1. The Morgan fingerprint density at radius 2 is 1.92 bits per heavy atom. The summed E-state index contributed by atoms with van der Waals surface area (Å²) >= 11 is 0. The average molecular weight is 360 g/mol. The van der Waals surface area contributed by atoms with Gasteiger partial charge in [-0.25, -0.2) is 0 Å². The van der Waals surface area contributed by atoms with Crippen molar-refractivity contribution in [1.82, 2.24) is 10.6 Å². The highest BCUT2D eigenvalue weighted by molar-refractivity contribution is 5.96. The molecule has 0 aliphatic heterocycles. The fourth-order valence-corrected chi connectivity index (χ4v) is 2.16. The molecule has 0 unspecified atom stereocenters. The molecule has 0 aliphatic rings. The van der Waals surface area contributed by atoms with E-state index in [1.807, 2.05) is 13.0 Å². The van der Waals surface area contributed by atoms with Crippen molar-refractivity contribution in [2.75, 3.05) is 26.3 Å². The molecule has 2 N–H and O–H groups in total. The van der Waals surface area contributed by atoms with Gasteiger partial charge in [-0.05, 0) is 49.7 Å². The van der Waals surface area contributed by atoms with E-state index in [4.69, 9.17) is 13.9 Å². The summed E-state index contributed by atoms with van der Waals surface area (Å²) in [5, 5.41) is 5.32. The van der Waals surface area contributed by atoms with Crippen LogP contribution in [0.1, 0.15) is 29.5 Å². The molecular weight excluding hydrogens is 336 g/mol. The highest BCUT2D eigenvalue weighted by Gasteiger charge is 2.08. The fraction of sp³-hybridized carbons (Fsp3) is 0.368. The molecule has 0 atom stereocenters. The summed E-state index contributed by atoms with van der Waals surface area (Å²) in [5.74, 6) is 0.933. The van der Waals surface area contributed by atoms with Gasteiger partial charge in [0.25, 0.3) is 5.91 Å². The van der Waals surface area contributed by atoms with Crippen molar-refractivity contribution in [2.45, 2.75) is 20.0 Å². The van der Waals surface area contributed by atoms with Crippen molar-refractivity contribution in [2.24, 2.45) is 0 Å². The number of ether oxygens (including phenoxy) is 2. The van der Waals surface area contributed by atoms with Crippen molar-refractivity contribution in [1.29, 1.82) is 0 Å². The normalized spacial score (nSPS) is 10.3. The van der Waals surface area contributed by atoms with Gasteiger partial charge in [-0.1, -0.05) is 0 Å². The van der Waals surface area contributed by atoms with E-state index in [0.717, 1.165) is 5.76 Å². The molecule has 2 amide bonds. The van der Waals surface area contributed by atoms with Crippen LogP contribution in [-0.4, -0.2) is 38.1 Å². The molecule has 0 spiro atoms. The third kappa shape index (κ3) is 6.98. The van der Waals surface area contributed by atoms with Crippen molar-refractivity contribution < 1.29 is 23.5 Å². The minimum Gasteiger partial charge on any atom is -0.494 e. The minimum absolute atomic E-state index is 0.0701. The summed E-state index contributed by atoms with van der Waals surface area (Å²) in [6.07, 6.45) is 2.28. The lowest BCUT2D eigenvalue weighted by molar-refractivity contribution is -0.120. The highest BCUT2D eigenvalue weighted by Crippen LogP contribution is 2.11. The fourth-order valence-electron chi connectivity index (χ4n) is 2.16. The van der Waals surface area contributed by atoms with Gasteiger partial charge in [-0.2, -0.15) is 0 Å². The molecule has 1 aromatic heterocycles. The Morgan fingerprint density at radius 1 is 1.12 bits per heavy atom. The van der Waals surface area contributed by atoms with Gasteiger partial charge in [0.05, 0.1) is 19.4 Å². The summed E-state index contributed by atoms with van der Waals surface area (Å²) in [6.45, 7) is 3.80. The van der Waals surface area contributed by atoms with E-state index in [-0.39, 0.29) is 18.4 Å². The van der Waals surface area contributed by atoms with E-state index < -0.39 is 0 Å². The molecule has 2 rings (SSSR count). The molecule has 0 aliphatic carbocycles. The van der Waals surface area contributed by atoms with Crippen LogP contribution in [-0.2, 0) is 16.1 Å². The van der Waals surface area contributed by atoms with Crippen LogP contribution in [0.3, 0.4) is 0 Å². The van der Waals surface area contributed by atoms with E-state index in [9.17, 15) is 9.59 Å². The monoisotopic (exact) mass is 360 g/mol. The Bertz CT molecular complexity index is 668. The van der Waals surface area contributed by atoms with Crippen LogP contribution in [0.2, 0.25) is 0 Å². The maximum Gasteiger partial charge on any atom is 0.251 e. The second kappa shape index (κ2) is 10.9. The predicted molar refractivity (Wildman–Crippen MR) is 95.9 cm³/mol. The number of hydrogen-bond acceptors (Lipinski definition) is 5. The van der Waals surface area contributed by atoms with Crippen LogP contribution in [0.25, 0.3) is 0 Å². The van der Waals surface area contributed by atoms with Gasteiger partial charge in [0, 0.05) is 18.7 Å².